The number of hydrogen-bond donors (Lipinski definition) is 0. The van der Waals surface area contributed by atoms with Gasteiger partial charge in [-0.15, -0.1) is 11.8 Å². The largest absolute Gasteiger partial charge is 0.465 e. The summed E-state index contributed by atoms with van der Waals surface area (Å²) in [5.41, 5.74) is 0. The van der Waals surface area contributed by atoms with E-state index in [4.69, 9.17) is 4.74 Å². The zero-order valence-electron chi connectivity index (χ0n) is 12.7. The Hall–Kier alpha value is -1.22. The van der Waals surface area contributed by atoms with Crippen molar-refractivity contribution >= 4 is 17.7 Å². The normalized spacial score (nSPS) is 19.9. The van der Waals surface area contributed by atoms with Crippen molar-refractivity contribution in [3.63, 3.8) is 0 Å². The van der Waals surface area contributed by atoms with Gasteiger partial charge in [0.1, 0.15) is 0 Å². The van der Waals surface area contributed by atoms with E-state index in [1.54, 1.807) is 0 Å². The number of carbonyl (C=O) groups excluding carboxylic acids is 1. The third kappa shape index (κ3) is 5.58. The molecule has 0 amide bonds. The molecule has 0 aromatic heterocycles. The van der Waals surface area contributed by atoms with Gasteiger partial charge < -0.3 is 4.74 Å². The Bertz CT molecular complexity index is 456. The summed E-state index contributed by atoms with van der Waals surface area (Å²) in [5, 5.41) is 0.320. The zero-order chi connectivity index (χ0) is 14.9. The Morgan fingerprint density at radius 1 is 1.33 bits per heavy atom. The average molecular weight is 304 g/mol. The molecule has 1 fully saturated rings. The highest BCUT2D eigenvalue weighted by atomic mass is 32.2. The first kappa shape index (κ1) is 16.2. The van der Waals surface area contributed by atoms with E-state index >= 15 is 0 Å². The van der Waals surface area contributed by atoms with Crippen LogP contribution in [0.4, 0.5) is 0 Å². The minimum atomic E-state index is -0.0574. The lowest BCUT2D eigenvalue weighted by Crippen LogP contribution is -2.15. The number of benzene rings is 1. The highest BCUT2D eigenvalue weighted by molar-refractivity contribution is 8.00. The van der Waals surface area contributed by atoms with Crippen LogP contribution in [0.25, 0.3) is 0 Å². The molecule has 1 heterocycles. The van der Waals surface area contributed by atoms with E-state index in [0.29, 0.717) is 24.2 Å². The lowest BCUT2D eigenvalue weighted by Gasteiger charge is -2.17. The summed E-state index contributed by atoms with van der Waals surface area (Å²) >= 11 is 1.83. The van der Waals surface area contributed by atoms with Crippen LogP contribution < -0.4 is 0 Å². The quantitative estimate of drug-likeness (QED) is 0.297. The maximum atomic E-state index is 11.4. The maximum Gasteiger partial charge on any atom is 0.306 e. The van der Waals surface area contributed by atoms with Crippen LogP contribution in [0.3, 0.4) is 0 Å². The average Bonchev–Trinajstić information content (AvgIpc) is 2.93. The van der Waals surface area contributed by atoms with E-state index in [1.165, 1.54) is 24.2 Å². The number of ether oxygens (including phenoxy) is 1. The fraction of sp³-hybridized carbons (Fsp3) is 0.500. The maximum absolute atomic E-state index is 11.4. The molecule has 0 bridgehead atoms. The molecule has 114 valence electrons. The number of unbranched alkanes of at least 4 members (excludes halogenated alkanes) is 3. The molecule has 2 nitrogen and oxygen atoms in total. The van der Waals surface area contributed by atoms with Crippen LogP contribution in [0.2, 0.25) is 0 Å². The highest BCUT2D eigenvalue weighted by Gasteiger charge is 2.30. The van der Waals surface area contributed by atoms with E-state index in [1.807, 2.05) is 17.8 Å². The molecular formula is C18H24O2S. The molecule has 2 rings (SSSR count). The second kappa shape index (κ2) is 8.93. The van der Waals surface area contributed by atoms with Crippen molar-refractivity contribution in [1.82, 2.24) is 0 Å². The number of carbonyl (C=O) groups is 1. The summed E-state index contributed by atoms with van der Waals surface area (Å²) in [7, 11) is 0. The van der Waals surface area contributed by atoms with Gasteiger partial charge in [0.15, 0.2) is 0 Å². The lowest BCUT2D eigenvalue weighted by molar-refractivity contribution is -0.137. The summed E-state index contributed by atoms with van der Waals surface area (Å²) in [6.07, 6.45) is 10.0. The predicted octanol–water partition coefficient (Wildman–Crippen LogP) is 4.85. The van der Waals surface area contributed by atoms with Crippen molar-refractivity contribution < 1.29 is 9.53 Å². The van der Waals surface area contributed by atoms with E-state index in [-0.39, 0.29) is 5.97 Å². The molecule has 1 aliphatic heterocycles. The smallest absolute Gasteiger partial charge is 0.306 e. The second-order valence-corrected chi connectivity index (χ2v) is 6.72. The first-order valence-electron chi connectivity index (χ1n) is 7.83. The van der Waals surface area contributed by atoms with Crippen LogP contribution in [0.15, 0.2) is 47.4 Å². The van der Waals surface area contributed by atoms with E-state index in [0.717, 1.165) is 6.42 Å². The standard InChI is InChI=1S/C18H24O2S/c1-2-3-4-5-9-12-17(15-13-18(19)20-14-15)21-16-10-7-6-8-11-16/h6-12,15,17H,2-5,13-14H2,1H3. The second-order valence-electron chi connectivity index (χ2n) is 5.47. The molecule has 3 heteroatoms. The number of cyclic esters (lactones) is 1. The molecule has 0 radical (unpaired) electrons. The Morgan fingerprint density at radius 2 is 2.14 bits per heavy atom. The zero-order valence-corrected chi connectivity index (χ0v) is 13.5. The molecule has 0 saturated carbocycles. The highest BCUT2D eigenvalue weighted by Crippen LogP contribution is 2.33. The molecule has 0 aliphatic carbocycles. The summed E-state index contributed by atoms with van der Waals surface area (Å²) < 4.78 is 5.14. The van der Waals surface area contributed by atoms with Gasteiger partial charge in [-0.05, 0) is 25.0 Å². The Kier molecular flexibility index (Phi) is 6.87. The number of allylic oxidation sites excluding steroid dienone is 1. The monoisotopic (exact) mass is 304 g/mol. The van der Waals surface area contributed by atoms with Gasteiger partial charge in [0.25, 0.3) is 0 Å². The van der Waals surface area contributed by atoms with Gasteiger partial charge in [-0.3, -0.25) is 4.79 Å². The number of esters is 1. The summed E-state index contributed by atoms with van der Waals surface area (Å²) in [5.74, 6) is 0.239. The van der Waals surface area contributed by atoms with Gasteiger partial charge in [0.2, 0.25) is 0 Å². The van der Waals surface area contributed by atoms with Gasteiger partial charge in [0, 0.05) is 16.1 Å². The molecule has 1 aromatic rings. The topological polar surface area (TPSA) is 26.3 Å². The van der Waals surface area contributed by atoms with Crippen molar-refractivity contribution in [3.8, 4) is 0 Å². The summed E-state index contributed by atoms with van der Waals surface area (Å²) in [4.78, 5) is 12.6. The van der Waals surface area contributed by atoms with Crippen molar-refractivity contribution in [2.45, 2.75) is 49.2 Å². The van der Waals surface area contributed by atoms with E-state index in [2.05, 4.69) is 43.3 Å². The van der Waals surface area contributed by atoms with Crippen molar-refractivity contribution in [2.24, 2.45) is 5.92 Å². The number of rotatable bonds is 8. The molecule has 1 aliphatic rings. The van der Waals surface area contributed by atoms with Gasteiger partial charge >= 0.3 is 5.97 Å². The van der Waals surface area contributed by atoms with E-state index < -0.39 is 0 Å². The molecule has 2 unspecified atom stereocenters. The minimum Gasteiger partial charge on any atom is -0.465 e. The molecule has 21 heavy (non-hydrogen) atoms. The van der Waals surface area contributed by atoms with Crippen LogP contribution in [0.1, 0.15) is 39.0 Å². The first-order valence-corrected chi connectivity index (χ1v) is 8.71. The molecule has 0 spiro atoms. The van der Waals surface area contributed by atoms with Crippen LogP contribution in [-0.4, -0.2) is 17.8 Å². The SMILES string of the molecule is CCCCCC=CC(Sc1ccccc1)C1COC(=O)C1. The minimum absolute atomic E-state index is 0.0574. The molecule has 1 saturated heterocycles. The van der Waals surface area contributed by atoms with Crippen LogP contribution in [0.5, 0.6) is 0 Å². The van der Waals surface area contributed by atoms with Crippen molar-refractivity contribution in [3.05, 3.63) is 42.5 Å². The Labute approximate surface area is 132 Å². The molecule has 0 N–H and O–H groups in total. The third-order valence-corrected chi connectivity index (χ3v) is 5.03. The van der Waals surface area contributed by atoms with Crippen molar-refractivity contribution in [1.29, 1.82) is 0 Å². The molecule has 1 aromatic carbocycles. The number of hydrogen-bond acceptors (Lipinski definition) is 3. The van der Waals surface area contributed by atoms with Crippen LogP contribution in [0, 0.1) is 5.92 Å². The first-order chi connectivity index (χ1) is 10.3. The van der Waals surface area contributed by atoms with Gasteiger partial charge in [-0.2, -0.15) is 0 Å². The Morgan fingerprint density at radius 3 is 2.81 bits per heavy atom. The van der Waals surface area contributed by atoms with Crippen LogP contribution >= 0.6 is 11.8 Å². The van der Waals surface area contributed by atoms with Crippen molar-refractivity contribution in [2.75, 3.05) is 6.61 Å². The van der Waals surface area contributed by atoms with E-state index in [9.17, 15) is 4.79 Å². The molecular weight excluding hydrogens is 280 g/mol. The fourth-order valence-corrected chi connectivity index (χ4v) is 3.62. The lowest BCUT2D eigenvalue weighted by atomic mass is 10.0. The van der Waals surface area contributed by atoms with Gasteiger partial charge in [0.05, 0.1) is 13.0 Å². The number of thioether (sulfide) groups is 1. The predicted molar refractivity (Wildman–Crippen MR) is 88.4 cm³/mol. The fourth-order valence-electron chi connectivity index (χ4n) is 2.43. The van der Waals surface area contributed by atoms with Gasteiger partial charge in [-0.1, -0.05) is 50.1 Å². The van der Waals surface area contributed by atoms with Gasteiger partial charge in [-0.25, -0.2) is 0 Å². The summed E-state index contributed by atoms with van der Waals surface area (Å²) in [6, 6.07) is 10.4. The third-order valence-electron chi connectivity index (χ3n) is 3.67. The molecule has 2 atom stereocenters. The Balaban J connectivity index is 1.95. The summed E-state index contributed by atoms with van der Waals surface area (Å²) in [6.45, 7) is 2.78. The van der Waals surface area contributed by atoms with Crippen LogP contribution in [-0.2, 0) is 9.53 Å².